The molecule has 0 amide bonds. The van der Waals surface area contributed by atoms with E-state index in [4.69, 9.17) is 5.11 Å². The van der Waals surface area contributed by atoms with Gasteiger partial charge in [0.1, 0.15) is 18.3 Å². The summed E-state index contributed by atoms with van der Waals surface area (Å²) in [6.07, 6.45) is -6.38. The number of carboxylic acids is 1. The first-order valence-corrected chi connectivity index (χ1v) is 3.98. The van der Waals surface area contributed by atoms with Crippen molar-refractivity contribution < 1.29 is 35.1 Å². The second kappa shape index (κ2) is 3.44. The molecule has 5 atom stereocenters. The standard InChI is InChI=1S/C7H12O7/c1-2-3(8)4(9)5(10)7(13,14-2)6(11)12/h2-5,8-10,13H,1H3,(H,11,12)/t2-,3-,4+,5-,7+/m1/s1. The lowest BCUT2D eigenvalue weighted by molar-refractivity contribution is -0.331. The summed E-state index contributed by atoms with van der Waals surface area (Å²) < 4.78 is 4.53. The van der Waals surface area contributed by atoms with E-state index < -0.39 is 36.2 Å². The van der Waals surface area contributed by atoms with Crippen LogP contribution in [0.1, 0.15) is 6.92 Å². The van der Waals surface area contributed by atoms with E-state index in [0.717, 1.165) is 0 Å². The Labute approximate surface area is 79.2 Å². The summed E-state index contributed by atoms with van der Waals surface area (Å²) >= 11 is 0. The Hall–Kier alpha value is -0.730. The molecule has 1 heterocycles. The van der Waals surface area contributed by atoms with Crippen LogP contribution >= 0.6 is 0 Å². The lowest BCUT2D eigenvalue weighted by Crippen LogP contribution is -2.66. The van der Waals surface area contributed by atoms with Crippen molar-refractivity contribution in [3.63, 3.8) is 0 Å². The van der Waals surface area contributed by atoms with Crippen molar-refractivity contribution in [3.8, 4) is 0 Å². The number of ether oxygens (including phenoxy) is 1. The first kappa shape index (κ1) is 11.3. The van der Waals surface area contributed by atoms with E-state index in [0.29, 0.717) is 0 Å². The van der Waals surface area contributed by atoms with Gasteiger partial charge in [0, 0.05) is 0 Å². The number of carboxylic acid groups (broad SMARTS) is 1. The molecule has 1 fully saturated rings. The second-order valence-corrected chi connectivity index (χ2v) is 3.25. The molecule has 0 saturated carbocycles. The summed E-state index contributed by atoms with van der Waals surface area (Å²) in [5.41, 5.74) is 0. The summed E-state index contributed by atoms with van der Waals surface area (Å²) in [6.45, 7) is 1.27. The Morgan fingerprint density at radius 1 is 1.29 bits per heavy atom. The van der Waals surface area contributed by atoms with Gasteiger partial charge in [0.25, 0.3) is 5.79 Å². The van der Waals surface area contributed by atoms with Gasteiger partial charge in [-0.3, -0.25) is 0 Å². The minimum absolute atomic E-state index is 1.09. The van der Waals surface area contributed by atoms with Crippen molar-refractivity contribution >= 4 is 5.97 Å². The number of aliphatic hydroxyl groups is 4. The fourth-order valence-electron chi connectivity index (χ4n) is 1.30. The number of hydrogen-bond donors (Lipinski definition) is 5. The summed E-state index contributed by atoms with van der Waals surface area (Å²) in [5.74, 6) is -4.69. The van der Waals surface area contributed by atoms with E-state index in [1.54, 1.807) is 0 Å². The lowest BCUT2D eigenvalue weighted by atomic mass is 9.93. The molecule has 0 aliphatic carbocycles. The third-order valence-corrected chi connectivity index (χ3v) is 2.23. The van der Waals surface area contributed by atoms with Gasteiger partial charge in [-0.1, -0.05) is 0 Å². The van der Waals surface area contributed by atoms with Crippen LogP contribution in [0.15, 0.2) is 0 Å². The predicted octanol–water partition coefficient (Wildman–Crippen LogP) is -2.74. The molecule has 0 aromatic carbocycles. The maximum absolute atomic E-state index is 10.6. The van der Waals surface area contributed by atoms with E-state index in [-0.39, 0.29) is 0 Å². The van der Waals surface area contributed by atoms with Gasteiger partial charge in [0.2, 0.25) is 0 Å². The van der Waals surface area contributed by atoms with Gasteiger partial charge in [-0.05, 0) is 6.92 Å². The highest BCUT2D eigenvalue weighted by Crippen LogP contribution is 2.28. The third kappa shape index (κ3) is 1.49. The molecule has 0 aromatic rings. The van der Waals surface area contributed by atoms with Crippen molar-refractivity contribution in [3.05, 3.63) is 0 Å². The summed E-state index contributed by atoms with van der Waals surface area (Å²) in [4.78, 5) is 10.6. The quantitative estimate of drug-likeness (QED) is 0.316. The molecule has 0 aromatic heterocycles. The van der Waals surface area contributed by atoms with E-state index >= 15 is 0 Å². The summed E-state index contributed by atoms with van der Waals surface area (Å²) in [6, 6.07) is 0. The topological polar surface area (TPSA) is 127 Å². The minimum atomic E-state index is -2.88. The highest BCUT2D eigenvalue weighted by atomic mass is 16.7. The van der Waals surface area contributed by atoms with E-state index in [1.807, 2.05) is 0 Å². The molecule has 1 rings (SSSR count). The molecule has 0 bridgehead atoms. The Morgan fingerprint density at radius 3 is 2.21 bits per heavy atom. The van der Waals surface area contributed by atoms with Crippen LogP contribution in [0.3, 0.4) is 0 Å². The van der Waals surface area contributed by atoms with Crippen molar-refractivity contribution in [2.75, 3.05) is 0 Å². The molecule has 7 heteroatoms. The van der Waals surface area contributed by atoms with E-state index in [1.165, 1.54) is 6.92 Å². The Kier molecular flexibility index (Phi) is 2.79. The lowest BCUT2D eigenvalue weighted by Gasteiger charge is -2.42. The fourth-order valence-corrected chi connectivity index (χ4v) is 1.30. The number of aliphatic hydroxyl groups excluding tert-OH is 3. The van der Waals surface area contributed by atoms with Crippen molar-refractivity contribution in [1.29, 1.82) is 0 Å². The second-order valence-electron chi connectivity index (χ2n) is 3.25. The van der Waals surface area contributed by atoms with E-state index in [9.17, 15) is 25.2 Å². The number of hydrogen-bond acceptors (Lipinski definition) is 6. The average molecular weight is 208 g/mol. The van der Waals surface area contributed by atoms with Crippen molar-refractivity contribution in [1.82, 2.24) is 0 Å². The van der Waals surface area contributed by atoms with Gasteiger partial charge < -0.3 is 30.3 Å². The molecule has 82 valence electrons. The molecule has 1 saturated heterocycles. The number of rotatable bonds is 1. The van der Waals surface area contributed by atoms with Crippen molar-refractivity contribution in [2.45, 2.75) is 37.1 Å². The Bertz CT molecular complexity index is 242. The fraction of sp³-hybridized carbons (Fsp3) is 0.857. The molecular weight excluding hydrogens is 196 g/mol. The zero-order valence-corrected chi connectivity index (χ0v) is 7.36. The normalized spacial score (nSPS) is 48.9. The average Bonchev–Trinajstić information content (AvgIpc) is 2.11. The van der Waals surface area contributed by atoms with Crippen molar-refractivity contribution in [2.24, 2.45) is 0 Å². The zero-order valence-electron chi connectivity index (χ0n) is 7.36. The number of carbonyl (C=O) groups is 1. The van der Waals surface area contributed by atoms with E-state index in [2.05, 4.69) is 4.74 Å². The summed E-state index contributed by atoms with van der Waals surface area (Å²) in [5, 5.41) is 45.5. The Morgan fingerprint density at radius 2 is 1.79 bits per heavy atom. The highest BCUT2D eigenvalue weighted by Gasteiger charge is 2.56. The van der Waals surface area contributed by atoms with Crippen LogP contribution < -0.4 is 0 Å². The van der Waals surface area contributed by atoms with Crippen LogP contribution in [0, 0.1) is 0 Å². The molecule has 1 aliphatic rings. The van der Waals surface area contributed by atoms with Gasteiger partial charge in [-0.25, -0.2) is 4.79 Å². The van der Waals surface area contributed by atoms with Crippen LogP contribution in [0.25, 0.3) is 0 Å². The van der Waals surface area contributed by atoms with Gasteiger partial charge in [-0.2, -0.15) is 0 Å². The Balaban J connectivity index is 2.96. The molecule has 0 spiro atoms. The molecule has 14 heavy (non-hydrogen) atoms. The molecule has 0 unspecified atom stereocenters. The first-order chi connectivity index (χ1) is 6.30. The van der Waals surface area contributed by atoms with Crippen LogP contribution in [0.5, 0.6) is 0 Å². The predicted molar refractivity (Wildman–Crippen MR) is 41.2 cm³/mol. The van der Waals surface area contributed by atoms with Crippen LogP contribution in [-0.2, 0) is 9.53 Å². The molecule has 0 radical (unpaired) electrons. The van der Waals surface area contributed by atoms with Gasteiger partial charge in [0.15, 0.2) is 0 Å². The van der Waals surface area contributed by atoms with Crippen LogP contribution in [0.4, 0.5) is 0 Å². The molecule has 5 N–H and O–H groups in total. The van der Waals surface area contributed by atoms with Crippen LogP contribution in [0.2, 0.25) is 0 Å². The van der Waals surface area contributed by atoms with Gasteiger partial charge >= 0.3 is 5.97 Å². The number of aliphatic carboxylic acids is 1. The van der Waals surface area contributed by atoms with Crippen LogP contribution in [-0.4, -0.2) is 61.7 Å². The summed E-state index contributed by atoms with van der Waals surface area (Å²) in [7, 11) is 0. The third-order valence-electron chi connectivity index (χ3n) is 2.23. The monoisotopic (exact) mass is 208 g/mol. The molecule has 1 aliphatic heterocycles. The highest BCUT2D eigenvalue weighted by molar-refractivity contribution is 5.76. The maximum Gasteiger partial charge on any atom is 0.367 e. The van der Waals surface area contributed by atoms with Gasteiger partial charge in [0.05, 0.1) is 6.10 Å². The maximum atomic E-state index is 10.6. The molecular formula is C7H12O7. The first-order valence-electron chi connectivity index (χ1n) is 3.98. The minimum Gasteiger partial charge on any atom is -0.477 e. The zero-order chi connectivity index (χ0) is 11.1. The smallest absolute Gasteiger partial charge is 0.367 e. The molecule has 7 nitrogen and oxygen atoms in total. The largest absolute Gasteiger partial charge is 0.477 e. The van der Waals surface area contributed by atoms with Gasteiger partial charge in [-0.15, -0.1) is 0 Å². The SMILES string of the molecule is C[C@H]1O[C@](O)(C(=O)O)[C@H](O)[C@@H](O)[C@@H]1O.